The van der Waals surface area contributed by atoms with E-state index < -0.39 is 0 Å². The van der Waals surface area contributed by atoms with E-state index >= 15 is 0 Å². The SMILES string of the molecule is CSCC(C)C(=O)N[C@@H](C)c1nc2ccccc2[nH]1. The summed E-state index contributed by atoms with van der Waals surface area (Å²) in [6, 6.07) is 7.76. The average molecular weight is 277 g/mol. The summed E-state index contributed by atoms with van der Waals surface area (Å²) in [4.78, 5) is 19.7. The molecule has 0 aliphatic heterocycles. The molecule has 1 unspecified atom stereocenters. The van der Waals surface area contributed by atoms with E-state index in [2.05, 4.69) is 15.3 Å². The van der Waals surface area contributed by atoms with Crippen LogP contribution in [0.4, 0.5) is 0 Å². The third-order valence-corrected chi connectivity index (χ3v) is 3.87. The molecule has 0 aliphatic carbocycles. The third-order valence-electron chi connectivity index (χ3n) is 3.04. The van der Waals surface area contributed by atoms with Gasteiger partial charge in [-0.2, -0.15) is 11.8 Å². The number of nitrogens with one attached hydrogen (secondary N) is 2. The minimum atomic E-state index is -0.107. The number of amides is 1. The van der Waals surface area contributed by atoms with Crippen molar-refractivity contribution in [1.29, 1.82) is 0 Å². The van der Waals surface area contributed by atoms with E-state index in [1.807, 2.05) is 44.4 Å². The van der Waals surface area contributed by atoms with Crippen molar-refractivity contribution in [1.82, 2.24) is 15.3 Å². The van der Waals surface area contributed by atoms with Crippen LogP contribution < -0.4 is 5.32 Å². The fourth-order valence-electron chi connectivity index (χ4n) is 1.93. The second-order valence-electron chi connectivity index (χ2n) is 4.73. The molecule has 2 N–H and O–H groups in total. The molecule has 2 atom stereocenters. The number of hydrogen-bond acceptors (Lipinski definition) is 3. The van der Waals surface area contributed by atoms with Crippen LogP contribution in [0.1, 0.15) is 25.7 Å². The number of benzene rings is 1. The van der Waals surface area contributed by atoms with E-state index in [9.17, 15) is 4.79 Å². The first-order chi connectivity index (χ1) is 9.11. The molecule has 2 rings (SSSR count). The summed E-state index contributed by atoms with van der Waals surface area (Å²) in [5, 5.41) is 3.00. The molecule has 0 fully saturated rings. The number of para-hydroxylation sites is 2. The van der Waals surface area contributed by atoms with Gasteiger partial charge in [0.25, 0.3) is 0 Å². The van der Waals surface area contributed by atoms with Gasteiger partial charge in [0.05, 0.1) is 17.1 Å². The van der Waals surface area contributed by atoms with Gasteiger partial charge < -0.3 is 10.3 Å². The Hall–Kier alpha value is -1.49. The lowest BCUT2D eigenvalue weighted by Gasteiger charge is -2.15. The lowest BCUT2D eigenvalue weighted by atomic mass is 10.2. The summed E-state index contributed by atoms with van der Waals surface area (Å²) < 4.78 is 0. The number of aromatic nitrogens is 2. The maximum absolute atomic E-state index is 12.0. The number of aromatic amines is 1. The van der Waals surface area contributed by atoms with Crippen molar-refractivity contribution < 1.29 is 4.79 Å². The van der Waals surface area contributed by atoms with Crippen LogP contribution in [0.15, 0.2) is 24.3 Å². The standard InChI is InChI=1S/C14H19N3OS/c1-9(8-19-3)14(18)15-10(2)13-16-11-6-4-5-7-12(11)17-13/h4-7,9-10H,8H2,1-3H3,(H,15,18)(H,16,17)/t9?,10-/m0/s1. The van der Waals surface area contributed by atoms with Gasteiger partial charge in [-0.05, 0) is 25.3 Å². The van der Waals surface area contributed by atoms with Crippen molar-refractivity contribution in [3.63, 3.8) is 0 Å². The Morgan fingerprint density at radius 2 is 2.16 bits per heavy atom. The maximum Gasteiger partial charge on any atom is 0.224 e. The number of thioether (sulfide) groups is 1. The van der Waals surface area contributed by atoms with Gasteiger partial charge in [-0.15, -0.1) is 0 Å². The summed E-state index contributed by atoms with van der Waals surface area (Å²) in [6.07, 6.45) is 2.01. The minimum absolute atomic E-state index is 0.0156. The number of fused-ring (bicyclic) bond motifs is 1. The molecule has 0 saturated carbocycles. The van der Waals surface area contributed by atoms with E-state index in [0.717, 1.165) is 22.6 Å². The number of carbonyl (C=O) groups excluding carboxylic acids is 1. The molecule has 1 amide bonds. The Labute approximate surface area is 117 Å². The minimum Gasteiger partial charge on any atom is -0.346 e. The second kappa shape index (κ2) is 6.10. The maximum atomic E-state index is 12.0. The summed E-state index contributed by atoms with van der Waals surface area (Å²) in [5.74, 6) is 1.72. The van der Waals surface area contributed by atoms with Crippen LogP contribution in [-0.4, -0.2) is 27.9 Å². The van der Waals surface area contributed by atoms with E-state index in [4.69, 9.17) is 0 Å². The molecule has 19 heavy (non-hydrogen) atoms. The summed E-state index contributed by atoms with van der Waals surface area (Å²) in [7, 11) is 0. The number of imidazole rings is 1. The average Bonchev–Trinajstić information content (AvgIpc) is 2.82. The highest BCUT2D eigenvalue weighted by atomic mass is 32.2. The van der Waals surface area contributed by atoms with Crippen LogP contribution >= 0.6 is 11.8 Å². The topological polar surface area (TPSA) is 57.8 Å². The summed E-state index contributed by atoms with van der Waals surface area (Å²) in [5.41, 5.74) is 1.92. The molecule has 1 aromatic carbocycles. The molecule has 0 spiro atoms. The van der Waals surface area contributed by atoms with E-state index in [1.165, 1.54) is 0 Å². The number of nitrogens with zero attached hydrogens (tertiary/aromatic N) is 1. The quantitative estimate of drug-likeness (QED) is 0.883. The Morgan fingerprint density at radius 3 is 2.84 bits per heavy atom. The van der Waals surface area contributed by atoms with Crippen molar-refractivity contribution >= 4 is 28.7 Å². The van der Waals surface area contributed by atoms with E-state index in [-0.39, 0.29) is 17.9 Å². The molecular weight excluding hydrogens is 258 g/mol. The number of rotatable bonds is 5. The van der Waals surface area contributed by atoms with Crippen LogP contribution in [0.25, 0.3) is 11.0 Å². The van der Waals surface area contributed by atoms with Gasteiger partial charge in [-0.25, -0.2) is 4.98 Å². The monoisotopic (exact) mass is 277 g/mol. The van der Waals surface area contributed by atoms with Gasteiger partial charge in [0.1, 0.15) is 5.82 Å². The second-order valence-corrected chi connectivity index (χ2v) is 5.64. The van der Waals surface area contributed by atoms with Crippen LogP contribution in [0.5, 0.6) is 0 Å². The normalized spacial score (nSPS) is 14.3. The van der Waals surface area contributed by atoms with Gasteiger partial charge >= 0.3 is 0 Å². The molecule has 0 bridgehead atoms. The van der Waals surface area contributed by atoms with Crippen molar-refractivity contribution in [3.05, 3.63) is 30.1 Å². The van der Waals surface area contributed by atoms with Crippen molar-refractivity contribution in [2.75, 3.05) is 12.0 Å². The smallest absolute Gasteiger partial charge is 0.224 e. The van der Waals surface area contributed by atoms with Crippen LogP contribution in [-0.2, 0) is 4.79 Å². The van der Waals surface area contributed by atoms with Gasteiger partial charge in [0, 0.05) is 11.7 Å². The molecule has 5 heteroatoms. The van der Waals surface area contributed by atoms with Crippen molar-refractivity contribution in [3.8, 4) is 0 Å². The molecule has 1 heterocycles. The lowest BCUT2D eigenvalue weighted by Crippen LogP contribution is -2.33. The molecule has 1 aromatic heterocycles. The Morgan fingerprint density at radius 1 is 1.42 bits per heavy atom. The molecule has 0 saturated heterocycles. The van der Waals surface area contributed by atoms with Crippen molar-refractivity contribution in [2.24, 2.45) is 5.92 Å². The number of H-pyrrole nitrogens is 1. The highest BCUT2D eigenvalue weighted by Crippen LogP contribution is 2.16. The fourth-order valence-corrected chi connectivity index (χ4v) is 2.58. The van der Waals surface area contributed by atoms with Gasteiger partial charge in [0.15, 0.2) is 0 Å². The predicted molar refractivity (Wildman–Crippen MR) is 80.2 cm³/mol. The molecule has 0 aliphatic rings. The zero-order valence-corrected chi connectivity index (χ0v) is 12.3. The number of carbonyl (C=O) groups is 1. The van der Waals surface area contributed by atoms with Gasteiger partial charge in [0.2, 0.25) is 5.91 Å². The Bertz CT molecular complexity index is 534. The first kappa shape index (κ1) is 13.9. The zero-order chi connectivity index (χ0) is 13.8. The zero-order valence-electron chi connectivity index (χ0n) is 11.4. The van der Waals surface area contributed by atoms with Crippen LogP contribution in [0.2, 0.25) is 0 Å². The third kappa shape index (κ3) is 3.29. The van der Waals surface area contributed by atoms with E-state index in [0.29, 0.717) is 0 Å². The van der Waals surface area contributed by atoms with Crippen LogP contribution in [0.3, 0.4) is 0 Å². The Kier molecular flexibility index (Phi) is 4.47. The predicted octanol–water partition coefficient (Wildman–Crippen LogP) is 2.74. The van der Waals surface area contributed by atoms with Gasteiger partial charge in [-0.1, -0.05) is 19.1 Å². The first-order valence-corrected chi connectivity index (χ1v) is 7.75. The molecular formula is C14H19N3OS. The molecule has 0 radical (unpaired) electrons. The highest BCUT2D eigenvalue weighted by molar-refractivity contribution is 7.98. The van der Waals surface area contributed by atoms with Gasteiger partial charge in [-0.3, -0.25) is 4.79 Å². The lowest BCUT2D eigenvalue weighted by molar-refractivity contribution is -0.124. The van der Waals surface area contributed by atoms with Crippen LogP contribution in [0, 0.1) is 5.92 Å². The largest absolute Gasteiger partial charge is 0.346 e. The summed E-state index contributed by atoms with van der Waals surface area (Å²) in [6.45, 7) is 3.89. The fraction of sp³-hybridized carbons (Fsp3) is 0.429. The number of hydrogen-bond donors (Lipinski definition) is 2. The molecule has 4 nitrogen and oxygen atoms in total. The molecule has 2 aromatic rings. The molecule has 102 valence electrons. The Balaban J connectivity index is 2.07. The van der Waals surface area contributed by atoms with E-state index in [1.54, 1.807) is 11.8 Å². The van der Waals surface area contributed by atoms with Crippen molar-refractivity contribution in [2.45, 2.75) is 19.9 Å². The first-order valence-electron chi connectivity index (χ1n) is 6.35. The highest BCUT2D eigenvalue weighted by Gasteiger charge is 2.17. The summed E-state index contributed by atoms with van der Waals surface area (Å²) >= 11 is 1.68.